The molecule has 1 saturated heterocycles. The number of carbonyl (C=O) groups is 2. The molecule has 0 spiro atoms. The highest BCUT2D eigenvalue weighted by Crippen LogP contribution is 2.42. The van der Waals surface area contributed by atoms with E-state index in [1.54, 1.807) is 67.0 Å². The number of aliphatic hydroxyl groups is 1. The molecule has 31 heavy (non-hydrogen) atoms. The van der Waals surface area contributed by atoms with Gasteiger partial charge in [0.2, 0.25) is 0 Å². The molecule has 156 valence electrons. The quantitative estimate of drug-likeness (QED) is 0.306. The molecule has 1 unspecified atom stereocenters. The summed E-state index contributed by atoms with van der Waals surface area (Å²) >= 11 is 9.38. The summed E-state index contributed by atoms with van der Waals surface area (Å²) < 4.78 is 5.83. The number of benzene rings is 2. The van der Waals surface area contributed by atoms with Crippen molar-refractivity contribution in [1.82, 2.24) is 4.98 Å². The van der Waals surface area contributed by atoms with E-state index in [-0.39, 0.29) is 11.3 Å². The summed E-state index contributed by atoms with van der Waals surface area (Å²) in [7, 11) is 1.53. The third kappa shape index (κ3) is 3.82. The first-order valence-electron chi connectivity index (χ1n) is 9.22. The highest BCUT2D eigenvalue weighted by Gasteiger charge is 2.47. The van der Waals surface area contributed by atoms with E-state index in [9.17, 15) is 14.7 Å². The number of amides is 1. The van der Waals surface area contributed by atoms with Crippen LogP contribution < -0.4 is 9.64 Å². The van der Waals surface area contributed by atoms with Gasteiger partial charge in [0.15, 0.2) is 0 Å². The molecule has 3 aromatic rings. The minimum Gasteiger partial charge on any atom is -0.507 e. The Kier molecular flexibility index (Phi) is 5.80. The molecular formula is C23H16BrClN2O4. The lowest BCUT2D eigenvalue weighted by Gasteiger charge is -2.25. The van der Waals surface area contributed by atoms with Crippen molar-refractivity contribution in [1.29, 1.82) is 0 Å². The van der Waals surface area contributed by atoms with Crippen LogP contribution in [0, 0.1) is 0 Å². The van der Waals surface area contributed by atoms with Crippen molar-refractivity contribution < 1.29 is 19.4 Å². The van der Waals surface area contributed by atoms with Gasteiger partial charge in [-0.3, -0.25) is 19.5 Å². The van der Waals surface area contributed by atoms with Crippen LogP contribution in [-0.4, -0.2) is 28.9 Å². The lowest BCUT2D eigenvalue weighted by atomic mass is 9.95. The molecule has 1 amide bonds. The maximum Gasteiger partial charge on any atom is 0.300 e. The van der Waals surface area contributed by atoms with Gasteiger partial charge in [-0.15, -0.1) is 0 Å². The molecule has 1 aliphatic heterocycles. The van der Waals surface area contributed by atoms with Crippen LogP contribution in [0.15, 0.2) is 77.0 Å². The summed E-state index contributed by atoms with van der Waals surface area (Å²) in [4.78, 5) is 31.5. The van der Waals surface area contributed by atoms with Crippen LogP contribution in [0.1, 0.15) is 17.2 Å². The van der Waals surface area contributed by atoms with Gasteiger partial charge in [0.1, 0.15) is 11.5 Å². The number of anilines is 1. The van der Waals surface area contributed by atoms with E-state index in [1.807, 2.05) is 0 Å². The van der Waals surface area contributed by atoms with Crippen LogP contribution in [-0.2, 0) is 9.59 Å². The third-order valence-corrected chi connectivity index (χ3v) is 5.87. The normalized spacial score (nSPS) is 17.8. The molecule has 2 heterocycles. The molecule has 1 aromatic heterocycles. The number of ketones is 1. The first-order valence-corrected chi connectivity index (χ1v) is 10.4. The van der Waals surface area contributed by atoms with Crippen molar-refractivity contribution in [2.75, 3.05) is 12.0 Å². The van der Waals surface area contributed by atoms with E-state index < -0.39 is 17.7 Å². The van der Waals surface area contributed by atoms with Gasteiger partial charge in [-0.05, 0) is 76.1 Å². The first-order chi connectivity index (χ1) is 14.9. The van der Waals surface area contributed by atoms with Crippen molar-refractivity contribution in [3.8, 4) is 5.75 Å². The van der Waals surface area contributed by atoms with Crippen LogP contribution in [0.5, 0.6) is 5.75 Å². The van der Waals surface area contributed by atoms with Crippen LogP contribution >= 0.6 is 27.5 Å². The summed E-state index contributed by atoms with van der Waals surface area (Å²) in [5.41, 5.74) is 1.49. The zero-order chi connectivity index (χ0) is 22.1. The fourth-order valence-corrected chi connectivity index (χ4v) is 4.20. The molecule has 1 aliphatic rings. The van der Waals surface area contributed by atoms with Gasteiger partial charge in [-0.25, -0.2) is 0 Å². The monoisotopic (exact) mass is 498 g/mol. The molecule has 6 nitrogen and oxygen atoms in total. The Labute approximate surface area is 191 Å². The number of ether oxygens (including phenoxy) is 1. The Morgan fingerprint density at radius 3 is 2.39 bits per heavy atom. The molecule has 2 aromatic carbocycles. The SMILES string of the molecule is COc1ccc(/C(O)=C2/C(=O)C(=O)N(c3ccc(Cl)cc3)C2c2ccncc2)cc1Br. The number of pyridine rings is 1. The molecule has 0 radical (unpaired) electrons. The molecule has 4 rings (SSSR count). The summed E-state index contributed by atoms with van der Waals surface area (Å²) in [6.07, 6.45) is 3.14. The second kappa shape index (κ2) is 8.53. The Bertz CT molecular complexity index is 1200. The van der Waals surface area contributed by atoms with Gasteiger partial charge < -0.3 is 9.84 Å². The maximum atomic E-state index is 13.1. The Morgan fingerprint density at radius 1 is 1.10 bits per heavy atom. The van der Waals surface area contributed by atoms with Gasteiger partial charge >= 0.3 is 0 Å². The predicted octanol–water partition coefficient (Wildman–Crippen LogP) is 5.13. The number of rotatable bonds is 4. The topological polar surface area (TPSA) is 79.7 Å². The van der Waals surface area contributed by atoms with Gasteiger partial charge in [-0.1, -0.05) is 11.6 Å². The minimum absolute atomic E-state index is 0.0109. The van der Waals surface area contributed by atoms with Crippen molar-refractivity contribution in [2.24, 2.45) is 0 Å². The first kappa shape index (κ1) is 21.1. The highest BCUT2D eigenvalue weighted by molar-refractivity contribution is 9.10. The summed E-state index contributed by atoms with van der Waals surface area (Å²) in [6.45, 7) is 0. The standard InChI is InChI=1S/C23H16BrClN2O4/c1-31-18-7-2-14(12-17(18)24)21(28)19-20(13-8-10-26-11-9-13)27(23(30)22(19)29)16-5-3-15(25)4-6-16/h2-12,20,28H,1H3/b21-19-. The minimum atomic E-state index is -0.829. The fraction of sp³-hybridized carbons (Fsp3) is 0.0870. The number of aliphatic hydroxyl groups excluding tert-OH is 1. The number of aromatic nitrogens is 1. The van der Waals surface area contributed by atoms with Gasteiger partial charge in [0, 0.05) is 28.7 Å². The smallest absolute Gasteiger partial charge is 0.300 e. The Hall–Kier alpha value is -3.16. The van der Waals surface area contributed by atoms with Crippen LogP contribution in [0.2, 0.25) is 5.02 Å². The van der Waals surface area contributed by atoms with Crippen LogP contribution in [0.4, 0.5) is 5.69 Å². The molecule has 8 heteroatoms. The number of Topliss-reactive ketones (excluding diaryl/α,β-unsaturated/α-hetero) is 1. The average Bonchev–Trinajstić information content (AvgIpc) is 3.05. The van der Waals surface area contributed by atoms with Crippen LogP contribution in [0.3, 0.4) is 0 Å². The molecule has 1 N–H and O–H groups in total. The average molecular weight is 500 g/mol. The highest BCUT2D eigenvalue weighted by atomic mass is 79.9. The number of hydrogen-bond acceptors (Lipinski definition) is 5. The van der Waals surface area contributed by atoms with Gasteiger partial charge in [0.25, 0.3) is 11.7 Å². The van der Waals surface area contributed by atoms with E-state index in [2.05, 4.69) is 20.9 Å². The van der Waals surface area contributed by atoms with E-state index >= 15 is 0 Å². The van der Waals surface area contributed by atoms with Crippen LogP contribution in [0.25, 0.3) is 5.76 Å². The predicted molar refractivity (Wildman–Crippen MR) is 121 cm³/mol. The van der Waals surface area contributed by atoms with E-state index in [1.165, 1.54) is 12.0 Å². The second-order valence-electron chi connectivity index (χ2n) is 6.78. The molecule has 0 bridgehead atoms. The van der Waals surface area contributed by atoms with Gasteiger partial charge in [-0.2, -0.15) is 0 Å². The number of carbonyl (C=O) groups excluding carboxylic acids is 2. The number of nitrogens with zero attached hydrogens (tertiary/aromatic N) is 2. The Balaban J connectivity index is 1.92. The number of methoxy groups -OCH3 is 1. The van der Waals surface area contributed by atoms with Crippen molar-refractivity contribution in [2.45, 2.75) is 6.04 Å². The maximum absolute atomic E-state index is 13.1. The number of halogens is 2. The molecule has 0 aliphatic carbocycles. The Morgan fingerprint density at radius 2 is 1.77 bits per heavy atom. The fourth-order valence-electron chi connectivity index (χ4n) is 3.53. The van der Waals surface area contributed by atoms with Crippen molar-refractivity contribution in [3.05, 3.63) is 93.2 Å². The molecule has 1 fully saturated rings. The zero-order valence-corrected chi connectivity index (χ0v) is 18.6. The number of hydrogen-bond donors (Lipinski definition) is 1. The largest absolute Gasteiger partial charge is 0.507 e. The van der Waals surface area contributed by atoms with Crippen molar-refractivity contribution in [3.63, 3.8) is 0 Å². The second-order valence-corrected chi connectivity index (χ2v) is 8.07. The van der Waals surface area contributed by atoms with E-state index in [4.69, 9.17) is 16.3 Å². The van der Waals surface area contributed by atoms with E-state index in [0.29, 0.717) is 32.1 Å². The lowest BCUT2D eigenvalue weighted by Crippen LogP contribution is -2.29. The summed E-state index contributed by atoms with van der Waals surface area (Å²) in [5, 5.41) is 11.6. The third-order valence-electron chi connectivity index (χ3n) is 5.00. The molecule has 0 saturated carbocycles. The van der Waals surface area contributed by atoms with Gasteiger partial charge in [0.05, 0.1) is 23.2 Å². The van der Waals surface area contributed by atoms with E-state index in [0.717, 1.165) is 0 Å². The summed E-state index contributed by atoms with van der Waals surface area (Å²) in [5.74, 6) is -1.22. The lowest BCUT2D eigenvalue weighted by molar-refractivity contribution is -0.132. The zero-order valence-electron chi connectivity index (χ0n) is 16.3. The molecule has 1 atom stereocenters. The van der Waals surface area contributed by atoms with Crippen molar-refractivity contribution >= 4 is 50.7 Å². The molecular weight excluding hydrogens is 484 g/mol. The summed E-state index contributed by atoms with van der Waals surface area (Å²) in [6, 6.07) is 14.1.